The van der Waals surface area contributed by atoms with Gasteiger partial charge in [-0.2, -0.15) is 0 Å². The number of allylic oxidation sites excluding steroid dienone is 3. The minimum Gasteiger partial charge on any atom is -0.387 e. The zero-order valence-corrected chi connectivity index (χ0v) is 47.0. The summed E-state index contributed by atoms with van der Waals surface area (Å²) in [6, 6.07) is -0.841. The van der Waals surface area contributed by atoms with Crippen molar-refractivity contribution in [1.29, 1.82) is 0 Å². The number of aliphatic hydroxyl groups is 1. The summed E-state index contributed by atoms with van der Waals surface area (Å²) in [5.41, 5.74) is 0. The van der Waals surface area contributed by atoms with Gasteiger partial charge in [0.15, 0.2) is 0 Å². The van der Waals surface area contributed by atoms with Gasteiger partial charge in [-0.3, -0.25) is 13.8 Å². The molecule has 0 aliphatic carbocycles. The third-order valence-corrected chi connectivity index (χ3v) is 14.6. The summed E-state index contributed by atoms with van der Waals surface area (Å²) >= 11 is 0. The molecule has 0 spiro atoms. The van der Waals surface area contributed by atoms with Crippen LogP contribution in [0.15, 0.2) is 24.3 Å². The summed E-state index contributed by atoms with van der Waals surface area (Å²) in [5.74, 6) is -0.174. The van der Waals surface area contributed by atoms with E-state index in [0.29, 0.717) is 17.4 Å². The summed E-state index contributed by atoms with van der Waals surface area (Å²) < 4.78 is 23.6. The molecule has 0 fully saturated rings. The van der Waals surface area contributed by atoms with Gasteiger partial charge in [-0.15, -0.1) is 0 Å². The molecule has 0 saturated heterocycles. The zero-order valence-electron chi connectivity index (χ0n) is 46.1. The summed E-state index contributed by atoms with van der Waals surface area (Å²) in [5, 5.41) is 13.8. The molecule has 0 aromatic heterocycles. The molecule has 68 heavy (non-hydrogen) atoms. The van der Waals surface area contributed by atoms with Crippen molar-refractivity contribution < 1.29 is 32.9 Å². The van der Waals surface area contributed by atoms with E-state index < -0.39 is 20.0 Å². The van der Waals surface area contributed by atoms with Crippen molar-refractivity contribution in [2.75, 3.05) is 40.9 Å². The summed E-state index contributed by atoms with van der Waals surface area (Å²) in [6.07, 6.45) is 64.7. The number of hydrogen-bond donors (Lipinski definition) is 3. The standard InChI is InChI=1S/C59H117N2O6P/c1-6-8-10-12-14-16-17-18-19-20-21-22-23-24-25-26-27-28-29-30-31-32-33-34-35-36-37-38-39-40-41-42-43-45-47-49-51-53-59(63)60-57(56-67-68(64,65)66-55-54-61(3,4)5)58(62)52-50-48-46-44-15-13-11-9-7-2/h20-21,50,52,57-58,62H,6-19,22-49,51,53-56H2,1-5H3,(H-,60,63,64,65)/p+1/b21-20-,52-50+. The summed E-state index contributed by atoms with van der Waals surface area (Å²) in [6.45, 7) is 4.81. The maximum Gasteiger partial charge on any atom is 0.472 e. The van der Waals surface area contributed by atoms with Gasteiger partial charge in [0, 0.05) is 6.42 Å². The molecule has 0 aliphatic rings. The van der Waals surface area contributed by atoms with Crippen molar-refractivity contribution >= 4 is 13.7 Å². The second kappa shape index (κ2) is 50.9. The molecular formula is C59H118N2O6P+. The van der Waals surface area contributed by atoms with Crippen LogP contribution in [0.1, 0.15) is 296 Å². The number of aliphatic hydroxyl groups excluding tert-OH is 1. The second-order valence-electron chi connectivity index (χ2n) is 21.7. The van der Waals surface area contributed by atoms with Gasteiger partial charge < -0.3 is 19.8 Å². The first kappa shape index (κ1) is 67.0. The van der Waals surface area contributed by atoms with Gasteiger partial charge in [0.05, 0.1) is 39.9 Å². The number of unbranched alkanes of at least 4 members (excludes halogenated alkanes) is 40. The molecule has 0 heterocycles. The highest BCUT2D eigenvalue weighted by Gasteiger charge is 2.27. The smallest absolute Gasteiger partial charge is 0.387 e. The van der Waals surface area contributed by atoms with E-state index in [-0.39, 0.29) is 19.1 Å². The van der Waals surface area contributed by atoms with Crippen LogP contribution in [0.2, 0.25) is 0 Å². The van der Waals surface area contributed by atoms with Crippen molar-refractivity contribution in [2.45, 2.75) is 309 Å². The first-order chi connectivity index (χ1) is 33.0. The Morgan fingerprint density at radius 2 is 0.794 bits per heavy atom. The number of rotatable bonds is 55. The Labute approximate surface area is 424 Å². The normalized spacial score (nSPS) is 14.0. The van der Waals surface area contributed by atoms with Crippen molar-refractivity contribution in [1.82, 2.24) is 5.32 Å². The third-order valence-electron chi connectivity index (χ3n) is 13.7. The molecule has 0 rings (SSSR count). The van der Waals surface area contributed by atoms with E-state index >= 15 is 0 Å². The molecule has 0 aromatic carbocycles. The average molecular weight is 983 g/mol. The maximum atomic E-state index is 12.9. The second-order valence-corrected chi connectivity index (χ2v) is 23.2. The monoisotopic (exact) mass is 982 g/mol. The largest absolute Gasteiger partial charge is 0.472 e. The number of carbonyl (C=O) groups excluding carboxylic acids is 1. The van der Waals surface area contributed by atoms with Crippen LogP contribution in [0.5, 0.6) is 0 Å². The van der Waals surface area contributed by atoms with Crippen LogP contribution in [0.4, 0.5) is 0 Å². The molecule has 8 nitrogen and oxygen atoms in total. The number of hydrogen-bond acceptors (Lipinski definition) is 5. The summed E-state index contributed by atoms with van der Waals surface area (Å²) in [4.78, 5) is 23.2. The molecular weight excluding hydrogens is 864 g/mol. The van der Waals surface area contributed by atoms with Crippen molar-refractivity contribution in [3.63, 3.8) is 0 Å². The molecule has 1 amide bonds. The molecule has 404 valence electrons. The topological polar surface area (TPSA) is 105 Å². The van der Waals surface area contributed by atoms with E-state index in [1.54, 1.807) is 6.08 Å². The van der Waals surface area contributed by atoms with Gasteiger partial charge in [0.2, 0.25) is 5.91 Å². The Kier molecular flexibility index (Phi) is 50.1. The van der Waals surface area contributed by atoms with Gasteiger partial charge >= 0.3 is 7.82 Å². The lowest BCUT2D eigenvalue weighted by Gasteiger charge is -2.25. The molecule has 0 saturated carbocycles. The predicted octanol–water partition coefficient (Wildman–Crippen LogP) is 18.0. The molecule has 3 unspecified atom stereocenters. The number of nitrogens with one attached hydrogen (secondary N) is 1. The van der Waals surface area contributed by atoms with Crippen LogP contribution in [0.25, 0.3) is 0 Å². The highest BCUT2D eigenvalue weighted by atomic mass is 31.2. The SMILES string of the molecule is CCCCCCCCC/C=C/C(O)C(COP(=O)(O)OCC[N+](C)(C)C)NC(=O)CCCCCCCCCCCCCCCCCCCCCCCCCCC/C=C\CCCCCCCCCC. The van der Waals surface area contributed by atoms with Crippen molar-refractivity contribution in [3.8, 4) is 0 Å². The Hall–Kier alpha value is -1.02. The van der Waals surface area contributed by atoms with Gasteiger partial charge in [-0.05, 0) is 44.9 Å². The number of phosphoric acid groups is 1. The van der Waals surface area contributed by atoms with E-state index in [2.05, 4.69) is 31.3 Å². The van der Waals surface area contributed by atoms with E-state index in [0.717, 1.165) is 38.5 Å². The van der Waals surface area contributed by atoms with Gasteiger partial charge in [-0.1, -0.05) is 269 Å². The van der Waals surface area contributed by atoms with Crippen LogP contribution in [0, 0.1) is 0 Å². The number of amides is 1. The van der Waals surface area contributed by atoms with Crippen LogP contribution >= 0.6 is 7.82 Å². The molecule has 0 aliphatic heterocycles. The van der Waals surface area contributed by atoms with Gasteiger partial charge in [0.1, 0.15) is 13.2 Å². The van der Waals surface area contributed by atoms with Crippen LogP contribution in [-0.2, 0) is 18.4 Å². The average Bonchev–Trinajstić information content (AvgIpc) is 3.30. The lowest BCUT2D eigenvalue weighted by Crippen LogP contribution is -2.45. The lowest BCUT2D eigenvalue weighted by molar-refractivity contribution is -0.870. The minimum atomic E-state index is -4.33. The van der Waals surface area contributed by atoms with Crippen molar-refractivity contribution in [2.24, 2.45) is 0 Å². The Morgan fingerprint density at radius 1 is 0.485 bits per heavy atom. The fourth-order valence-electron chi connectivity index (χ4n) is 8.98. The molecule has 0 bridgehead atoms. The first-order valence-electron chi connectivity index (χ1n) is 29.7. The fourth-order valence-corrected chi connectivity index (χ4v) is 9.72. The number of likely N-dealkylation sites (N-methyl/N-ethyl adjacent to an activating group) is 1. The van der Waals surface area contributed by atoms with E-state index in [1.807, 2.05) is 27.2 Å². The molecule has 0 radical (unpaired) electrons. The Balaban J connectivity index is 3.80. The Morgan fingerprint density at radius 3 is 1.13 bits per heavy atom. The lowest BCUT2D eigenvalue weighted by atomic mass is 10.0. The number of phosphoric ester groups is 1. The Bertz CT molecular complexity index is 1160. The fraction of sp³-hybridized carbons (Fsp3) is 0.915. The number of nitrogens with zero attached hydrogens (tertiary/aromatic N) is 1. The van der Waals surface area contributed by atoms with E-state index in [1.165, 1.54) is 238 Å². The molecule has 9 heteroatoms. The van der Waals surface area contributed by atoms with E-state index in [4.69, 9.17) is 9.05 Å². The molecule has 0 aromatic rings. The minimum absolute atomic E-state index is 0.0637. The third kappa shape index (κ3) is 52.8. The summed E-state index contributed by atoms with van der Waals surface area (Å²) in [7, 11) is 1.58. The van der Waals surface area contributed by atoms with E-state index in [9.17, 15) is 19.4 Å². The molecule has 3 atom stereocenters. The number of carbonyl (C=O) groups is 1. The van der Waals surface area contributed by atoms with Crippen LogP contribution in [-0.4, -0.2) is 73.4 Å². The predicted molar refractivity (Wildman–Crippen MR) is 295 cm³/mol. The zero-order chi connectivity index (χ0) is 49.9. The highest BCUT2D eigenvalue weighted by molar-refractivity contribution is 7.47. The van der Waals surface area contributed by atoms with Gasteiger partial charge in [-0.25, -0.2) is 4.57 Å². The number of quaternary nitrogens is 1. The quantitative estimate of drug-likeness (QED) is 0.0243. The van der Waals surface area contributed by atoms with Crippen molar-refractivity contribution in [3.05, 3.63) is 24.3 Å². The van der Waals surface area contributed by atoms with Crippen LogP contribution < -0.4 is 5.32 Å². The maximum absolute atomic E-state index is 12.9. The first-order valence-corrected chi connectivity index (χ1v) is 31.2. The van der Waals surface area contributed by atoms with Gasteiger partial charge in [0.25, 0.3) is 0 Å². The van der Waals surface area contributed by atoms with Crippen LogP contribution in [0.3, 0.4) is 0 Å². The highest BCUT2D eigenvalue weighted by Crippen LogP contribution is 2.43. The molecule has 3 N–H and O–H groups in total.